The summed E-state index contributed by atoms with van der Waals surface area (Å²) in [6.07, 6.45) is 3.75. The van der Waals surface area contributed by atoms with Crippen LogP contribution in [0.2, 0.25) is 0 Å². The van der Waals surface area contributed by atoms with Gasteiger partial charge in [-0.1, -0.05) is 30.3 Å². The van der Waals surface area contributed by atoms with E-state index in [1.54, 1.807) is 12.1 Å². The molecule has 118 valence electrons. The van der Waals surface area contributed by atoms with Gasteiger partial charge in [-0.25, -0.2) is 9.36 Å². The Bertz CT molecular complexity index is 582. The summed E-state index contributed by atoms with van der Waals surface area (Å²) in [5.41, 5.74) is 1.79. The summed E-state index contributed by atoms with van der Waals surface area (Å²) in [6, 6.07) is 13.7. The van der Waals surface area contributed by atoms with E-state index in [9.17, 15) is 22.1 Å². The Morgan fingerprint density at radius 2 is 1.55 bits per heavy atom. The van der Waals surface area contributed by atoms with Crippen molar-refractivity contribution in [3.05, 3.63) is 66.0 Å². The SMILES string of the molecule is COC(=O)c1cc[n+](Cc2ccccc2)cc1.F[B-](F)(F)F. The van der Waals surface area contributed by atoms with Crippen molar-refractivity contribution in [2.45, 2.75) is 6.54 Å². The van der Waals surface area contributed by atoms with Gasteiger partial charge >= 0.3 is 13.2 Å². The van der Waals surface area contributed by atoms with E-state index in [0.717, 1.165) is 6.54 Å². The fourth-order valence-corrected chi connectivity index (χ4v) is 1.61. The Hall–Kier alpha value is -2.38. The maximum atomic E-state index is 11.3. The van der Waals surface area contributed by atoms with Crippen molar-refractivity contribution < 1.29 is 31.4 Å². The van der Waals surface area contributed by atoms with Gasteiger partial charge in [-0.3, -0.25) is 0 Å². The average Bonchev–Trinajstić information content (AvgIpc) is 2.46. The monoisotopic (exact) mass is 315 g/mol. The number of pyridine rings is 1. The molecule has 0 fully saturated rings. The highest BCUT2D eigenvalue weighted by molar-refractivity contribution is 6.50. The van der Waals surface area contributed by atoms with E-state index in [1.165, 1.54) is 12.7 Å². The molecule has 2 rings (SSSR count). The second kappa shape index (κ2) is 8.16. The predicted molar refractivity (Wildman–Crippen MR) is 73.7 cm³/mol. The second-order valence-corrected chi connectivity index (χ2v) is 4.23. The molecule has 22 heavy (non-hydrogen) atoms. The quantitative estimate of drug-likeness (QED) is 0.377. The molecule has 1 aromatic carbocycles. The van der Waals surface area contributed by atoms with Gasteiger partial charge in [-0.05, 0) is 0 Å². The smallest absolute Gasteiger partial charge is 0.465 e. The van der Waals surface area contributed by atoms with Gasteiger partial charge in [-0.15, -0.1) is 0 Å². The molecule has 0 N–H and O–H groups in total. The number of hydrogen-bond donors (Lipinski definition) is 0. The number of nitrogens with zero attached hydrogens (tertiary/aromatic N) is 1. The molecule has 0 amide bonds. The molecule has 0 saturated carbocycles. The highest BCUT2D eigenvalue weighted by Crippen LogP contribution is 2.06. The van der Waals surface area contributed by atoms with E-state index in [4.69, 9.17) is 0 Å². The number of hydrogen-bond acceptors (Lipinski definition) is 2. The lowest BCUT2D eigenvalue weighted by atomic mass is 10.2. The van der Waals surface area contributed by atoms with Crippen LogP contribution < -0.4 is 4.57 Å². The van der Waals surface area contributed by atoms with Crippen LogP contribution in [0.25, 0.3) is 0 Å². The molecule has 1 aromatic heterocycles. The van der Waals surface area contributed by atoms with Crippen molar-refractivity contribution >= 4 is 13.2 Å². The van der Waals surface area contributed by atoms with E-state index < -0.39 is 7.25 Å². The van der Waals surface area contributed by atoms with Crippen LogP contribution in [0.15, 0.2) is 54.9 Å². The molecule has 0 aliphatic heterocycles. The number of esters is 1. The number of halogens is 4. The van der Waals surface area contributed by atoms with Crippen LogP contribution in [0.4, 0.5) is 17.3 Å². The van der Waals surface area contributed by atoms with Crippen LogP contribution in [-0.2, 0) is 11.3 Å². The number of aromatic nitrogens is 1. The first kappa shape index (κ1) is 17.7. The molecule has 0 bridgehead atoms. The normalized spacial score (nSPS) is 10.4. The molecular weight excluding hydrogens is 301 g/mol. The maximum Gasteiger partial charge on any atom is 0.673 e. The van der Waals surface area contributed by atoms with E-state index in [-0.39, 0.29) is 5.97 Å². The molecule has 0 atom stereocenters. The standard InChI is InChI=1S/C14H14NO2.BF4/c1-17-14(16)13-7-9-15(10-8-13)11-12-5-3-2-4-6-12;2-1(3,4)5/h2-10H,11H2,1H3;/q+1;-1. The van der Waals surface area contributed by atoms with Crippen molar-refractivity contribution in [1.29, 1.82) is 0 Å². The van der Waals surface area contributed by atoms with Gasteiger partial charge in [0.1, 0.15) is 0 Å². The van der Waals surface area contributed by atoms with Gasteiger partial charge in [0.2, 0.25) is 0 Å². The maximum absolute atomic E-state index is 11.3. The van der Waals surface area contributed by atoms with Gasteiger partial charge < -0.3 is 22.0 Å². The summed E-state index contributed by atoms with van der Waals surface area (Å²) in [7, 11) is -4.62. The number of carbonyl (C=O) groups excluding carboxylic acids is 1. The zero-order valence-corrected chi connectivity index (χ0v) is 11.8. The fourth-order valence-electron chi connectivity index (χ4n) is 1.61. The summed E-state index contributed by atoms with van der Waals surface area (Å²) < 4.78 is 45.7. The first-order chi connectivity index (χ1) is 10.3. The third-order valence-corrected chi connectivity index (χ3v) is 2.52. The predicted octanol–water partition coefficient (Wildman–Crippen LogP) is 3.11. The van der Waals surface area contributed by atoms with Crippen molar-refractivity contribution in [3.8, 4) is 0 Å². The minimum Gasteiger partial charge on any atom is -0.465 e. The molecule has 3 nitrogen and oxygen atoms in total. The number of carbonyl (C=O) groups is 1. The molecule has 2 aromatic rings. The second-order valence-electron chi connectivity index (χ2n) is 4.23. The first-order valence-electron chi connectivity index (χ1n) is 6.28. The molecule has 0 unspecified atom stereocenters. The molecule has 8 heteroatoms. The Kier molecular flexibility index (Phi) is 6.56. The number of rotatable bonds is 3. The molecule has 0 aliphatic carbocycles. The minimum atomic E-state index is -6.00. The van der Waals surface area contributed by atoms with Crippen molar-refractivity contribution in [2.75, 3.05) is 7.11 Å². The number of benzene rings is 1. The molecule has 0 aliphatic rings. The Morgan fingerprint density at radius 3 is 2.00 bits per heavy atom. The first-order valence-corrected chi connectivity index (χ1v) is 6.28. The number of methoxy groups -OCH3 is 1. The third-order valence-electron chi connectivity index (χ3n) is 2.52. The molecule has 0 saturated heterocycles. The zero-order valence-electron chi connectivity index (χ0n) is 11.8. The molecular formula is C14H14BF4NO2. The highest BCUT2D eigenvalue weighted by atomic mass is 19.5. The lowest BCUT2D eigenvalue weighted by Crippen LogP contribution is -2.33. The van der Waals surface area contributed by atoms with Crippen molar-refractivity contribution in [3.63, 3.8) is 0 Å². The summed E-state index contributed by atoms with van der Waals surface area (Å²) in [6.45, 7) is 0.794. The van der Waals surface area contributed by atoms with E-state index in [1.807, 2.05) is 35.2 Å². The zero-order chi connectivity index (χ0) is 16.6. The van der Waals surface area contributed by atoms with Gasteiger partial charge in [0, 0.05) is 17.7 Å². The lowest BCUT2D eigenvalue weighted by molar-refractivity contribution is -0.688. The Labute approximate surface area is 125 Å². The summed E-state index contributed by atoms with van der Waals surface area (Å²) >= 11 is 0. The van der Waals surface area contributed by atoms with E-state index >= 15 is 0 Å². The minimum absolute atomic E-state index is 0.308. The van der Waals surface area contributed by atoms with Gasteiger partial charge in [-0.2, -0.15) is 0 Å². The summed E-state index contributed by atoms with van der Waals surface area (Å²) in [5, 5.41) is 0. The van der Waals surface area contributed by atoms with Crippen LogP contribution >= 0.6 is 0 Å². The van der Waals surface area contributed by atoms with Crippen LogP contribution in [0.3, 0.4) is 0 Å². The molecule has 0 spiro atoms. The van der Waals surface area contributed by atoms with Crippen LogP contribution in [0, 0.1) is 0 Å². The topological polar surface area (TPSA) is 30.2 Å². The largest absolute Gasteiger partial charge is 0.673 e. The lowest BCUT2D eigenvalue weighted by Gasteiger charge is -1.99. The van der Waals surface area contributed by atoms with Gasteiger partial charge in [0.05, 0.1) is 12.7 Å². The van der Waals surface area contributed by atoms with Crippen molar-refractivity contribution in [2.24, 2.45) is 0 Å². The van der Waals surface area contributed by atoms with Crippen LogP contribution in [0.5, 0.6) is 0 Å². The fraction of sp³-hybridized carbons (Fsp3) is 0.143. The highest BCUT2D eigenvalue weighted by Gasteiger charge is 2.20. The number of ether oxygens (including phenoxy) is 1. The van der Waals surface area contributed by atoms with Gasteiger partial charge in [0.15, 0.2) is 18.9 Å². The average molecular weight is 315 g/mol. The molecule has 1 heterocycles. The van der Waals surface area contributed by atoms with Crippen molar-refractivity contribution in [1.82, 2.24) is 0 Å². The Morgan fingerprint density at radius 1 is 1.05 bits per heavy atom. The third kappa shape index (κ3) is 7.42. The van der Waals surface area contributed by atoms with Crippen LogP contribution in [-0.4, -0.2) is 20.3 Å². The van der Waals surface area contributed by atoms with Crippen LogP contribution in [0.1, 0.15) is 15.9 Å². The van der Waals surface area contributed by atoms with Gasteiger partial charge in [0.25, 0.3) is 0 Å². The summed E-state index contributed by atoms with van der Waals surface area (Å²) in [4.78, 5) is 11.3. The Balaban J connectivity index is 0.000000422. The summed E-state index contributed by atoms with van der Waals surface area (Å²) in [5.74, 6) is -0.308. The molecule has 0 radical (unpaired) electrons. The van der Waals surface area contributed by atoms with E-state index in [0.29, 0.717) is 5.56 Å². The van der Waals surface area contributed by atoms with E-state index in [2.05, 4.69) is 16.9 Å².